The zero-order valence-corrected chi connectivity index (χ0v) is 12.7. The number of aryl methyl sites for hydroxylation is 1. The first-order valence-electron chi connectivity index (χ1n) is 5.96. The van der Waals surface area contributed by atoms with Gasteiger partial charge < -0.3 is 4.42 Å². The second kappa shape index (κ2) is 4.90. The summed E-state index contributed by atoms with van der Waals surface area (Å²) in [5, 5.41) is 0. The maximum atomic E-state index is 12.4. The quantitative estimate of drug-likeness (QED) is 0.508. The van der Waals surface area contributed by atoms with Crippen LogP contribution in [0.15, 0.2) is 51.7 Å². The predicted octanol–water partition coefficient (Wildman–Crippen LogP) is 2.97. The summed E-state index contributed by atoms with van der Waals surface area (Å²) in [5.74, 6) is -0.518. The molecule has 4 nitrogen and oxygen atoms in total. The van der Waals surface area contributed by atoms with Gasteiger partial charge in [-0.1, -0.05) is 12.1 Å². The number of aromatic nitrogens is 1. The first-order valence-corrected chi connectivity index (χ1v) is 7.04. The van der Waals surface area contributed by atoms with Crippen LogP contribution >= 0.6 is 22.6 Å². The molecule has 0 N–H and O–H groups in total. The predicted molar refractivity (Wildman–Crippen MR) is 84.0 cm³/mol. The number of hydrogen-bond acceptors (Lipinski definition) is 3. The fourth-order valence-electron chi connectivity index (χ4n) is 2.07. The highest BCUT2D eigenvalue weighted by Crippen LogP contribution is 2.18. The van der Waals surface area contributed by atoms with E-state index in [1.54, 1.807) is 31.3 Å². The Morgan fingerprint density at radius 1 is 1.15 bits per heavy atom. The van der Waals surface area contributed by atoms with Gasteiger partial charge in [-0.25, -0.2) is 4.79 Å². The summed E-state index contributed by atoms with van der Waals surface area (Å²) in [6.07, 6.45) is 0. The number of nitrogens with zero attached hydrogens (tertiary/aromatic N) is 1. The number of rotatable bonds is 2. The lowest BCUT2D eigenvalue weighted by atomic mass is 10.0. The number of halogens is 1. The van der Waals surface area contributed by atoms with E-state index in [0.717, 1.165) is 3.57 Å². The van der Waals surface area contributed by atoms with E-state index in [1.807, 2.05) is 18.2 Å². The smallest absolute Gasteiger partial charge is 0.408 e. The molecule has 1 heterocycles. The maximum Gasteiger partial charge on any atom is 0.419 e. The van der Waals surface area contributed by atoms with E-state index in [-0.39, 0.29) is 5.78 Å². The lowest BCUT2D eigenvalue weighted by Gasteiger charge is -2.02. The highest BCUT2D eigenvalue weighted by atomic mass is 127. The van der Waals surface area contributed by atoms with Crippen molar-refractivity contribution in [2.45, 2.75) is 0 Å². The molecule has 0 fully saturated rings. The molecule has 0 bridgehead atoms. The maximum absolute atomic E-state index is 12.4. The Labute approximate surface area is 128 Å². The molecule has 0 aliphatic rings. The number of fused-ring (bicyclic) bond motifs is 1. The van der Waals surface area contributed by atoms with Crippen LogP contribution in [0.4, 0.5) is 0 Å². The molecule has 100 valence electrons. The minimum atomic E-state index is -0.432. The monoisotopic (exact) mass is 379 g/mol. The second-order valence-corrected chi connectivity index (χ2v) is 5.69. The Balaban J connectivity index is 2.10. The van der Waals surface area contributed by atoms with Crippen LogP contribution < -0.4 is 5.76 Å². The molecule has 0 unspecified atom stereocenters. The molecule has 1 aromatic heterocycles. The fourth-order valence-corrected chi connectivity index (χ4v) is 2.61. The van der Waals surface area contributed by atoms with Crippen LogP contribution in [0.1, 0.15) is 15.9 Å². The van der Waals surface area contributed by atoms with Crippen molar-refractivity contribution in [1.82, 2.24) is 4.57 Å². The van der Waals surface area contributed by atoms with Gasteiger partial charge in [0.05, 0.1) is 5.52 Å². The minimum absolute atomic E-state index is 0.0862. The lowest BCUT2D eigenvalue weighted by molar-refractivity contribution is 0.103. The Bertz CT molecular complexity index is 876. The van der Waals surface area contributed by atoms with Crippen LogP contribution in [0.25, 0.3) is 11.1 Å². The van der Waals surface area contributed by atoms with Crippen molar-refractivity contribution in [2.24, 2.45) is 7.05 Å². The van der Waals surface area contributed by atoms with E-state index in [0.29, 0.717) is 22.2 Å². The van der Waals surface area contributed by atoms with Crippen molar-refractivity contribution in [3.63, 3.8) is 0 Å². The molecule has 0 saturated carbocycles. The van der Waals surface area contributed by atoms with Crippen molar-refractivity contribution in [3.8, 4) is 0 Å². The molecule has 0 aliphatic carbocycles. The Hall–Kier alpha value is -1.89. The van der Waals surface area contributed by atoms with Crippen molar-refractivity contribution in [1.29, 1.82) is 0 Å². The number of ketones is 1. The van der Waals surface area contributed by atoms with Crippen molar-refractivity contribution in [3.05, 3.63) is 67.7 Å². The van der Waals surface area contributed by atoms with Gasteiger partial charge in [-0.05, 0) is 52.9 Å². The van der Waals surface area contributed by atoms with Crippen LogP contribution in [0.5, 0.6) is 0 Å². The molecule has 0 radical (unpaired) electrons. The summed E-state index contributed by atoms with van der Waals surface area (Å²) < 4.78 is 7.52. The van der Waals surface area contributed by atoms with Gasteiger partial charge in [-0.2, -0.15) is 0 Å². The summed E-state index contributed by atoms with van der Waals surface area (Å²) in [4.78, 5) is 23.8. The lowest BCUT2D eigenvalue weighted by Crippen LogP contribution is -2.08. The Kier molecular flexibility index (Phi) is 3.21. The summed E-state index contributed by atoms with van der Waals surface area (Å²) in [7, 11) is 1.63. The fraction of sp³-hybridized carbons (Fsp3) is 0.0667. The van der Waals surface area contributed by atoms with Crippen LogP contribution in [0.3, 0.4) is 0 Å². The van der Waals surface area contributed by atoms with Crippen molar-refractivity contribution >= 4 is 39.5 Å². The molecule has 5 heteroatoms. The van der Waals surface area contributed by atoms with E-state index in [1.165, 1.54) is 4.57 Å². The van der Waals surface area contributed by atoms with Crippen LogP contribution in [-0.2, 0) is 7.05 Å². The molecule has 0 aliphatic heterocycles. The third kappa shape index (κ3) is 2.18. The summed E-state index contributed by atoms with van der Waals surface area (Å²) >= 11 is 2.16. The summed E-state index contributed by atoms with van der Waals surface area (Å²) in [5.41, 5.74) is 2.23. The van der Waals surface area contributed by atoms with Crippen molar-refractivity contribution in [2.75, 3.05) is 0 Å². The largest absolute Gasteiger partial charge is 0.419 e. The van der Waals surface area contributed by atoms with Gasteiger partial charge in [0.15, 0.2) is 11.4 Å². The number of oxazole rings is 1. The molecule has 0 amide bonds. The molecule has 0 atom stereocenters. The molecule has 0 spiro atoms. The normalized spacial score (nSPS) is 10.9. The van der Waals surface area contributed by atoms with Gasteiger partial charge in [-0.3, -0.25) is 9.36 Å². The van der Waals surface area contributed by atoms with Gasteiger partial charge in [0, 0.05) is 21.7 Å². The molecular formula is C15H10INO3. The molecule has 2 aromatic carbocycles. The van der Waals surface area contributed by atoms with E-state index in [2.05, 4.69) is 22.6 Å². The molecule has 3 aromatic rings. The minimum Gasteiger partial charge on any atom is -0.408 e. The zero-order valence-electron chi connectivity index (χ0n) is 10.6. The van der Waals surface area contributed by atoms with E-state index in [9.17, 15) is 9.59 Å². The first kappa shape index (κ1) is 13.1. The average Bonchev–Trinajstić information content (AvgIpc) is 2.73. The van der Waals surface area contributed by atoms with Gasteiger partial charge >= 0.3 is 5.76 Å². The first-order chi connectivity index (χ1) is 9.56. The SMILES string of the molecule is Cn1c(=O)oc2cc(C(=O)c3cccc(I)c3)ccc21. The standard InChI is InChI=1S/C15H10INO3/c1-17-12-6-5-10(8-13(12)20-15(17)19)14(18)9-3-2-4-11(16)7-9/h2-8H,1H3. The molecule has 0 saturated heterocycles. The molecular weight excluding hydrogens is 369 g/mol. The number of benzene rings is 2. The van der Waals surface area contributed by atoms with Crippen LogP contribution in [0.2, 0.25) is 0 Å². The third-order valence-electron chi connectivity index (χ3n) is 3.14. The highest BCUT2D eigenvalue weighted by Gasteiger charge is 2.13. The Morgan fingerprint density at radius 2 is 1.90 bits per heavy atom. The Morgan fingerprint density at radius 3 is 2.65 bits per heavy atom. The average molecular weight is 379 g/mol. The summed E-state index contributed by atoms with van der Waals surface area (Å²) in [6.45, 7) is 0. The number of carbonyl (C=O) groups excluding carboxylic acids is 1. The number of carbonyl (C=O) groups is 1. The van der Waals surface area contributed by atoms with Gasteiger partial charge in [0.1, 0.15) is 0 Å². The second-order valence-electron chi connectivity index (χ2n) is 4.45. The molecule has 3 rings (SSSR count). The highest BCUT2D eigenvalue weighted by molar-refractivity contribution is 14.1. The van der Waals surface area contributed by atoms with E-state index < -0.39 is 5.76 Å². The van der Waals surface area contributed by atoms with Crippen LogP contribution in [-0.4, -0.2) is 10.4 Å². The summed E-state index contributed by atoms with van der Waals surface area (Å²) in [6, 6.07) is 12.4. The van der Waals surface area contributed by atoms with Crippen molar-refractivity contribution < 1.29 is 9.21 Å². The topological polar surface area (TPSA) is 52.2 Å². The van der Waals surface area contributed by atoms with Gasteiger partial charge in [0.25, 0.3) is 0 Å². The third-order valence-corrected chi connectivity index (χ3v) is 3.81. The van der Waals surface area contributed by atoms with Crippen LogP contribution in [0, 0.1) is 3.57 Å². The van der Waals surface area contributed by atoms with E-state index in [4.69, 9.17) is 4.42 Å². The molecule has 20 heavy (non-hydrogen) atoms. The zero-order chi connectivity index (χ0) is 14.3. The van der Waals surface area contributed by atoms with Gasteiger partial charge in [-0.15, -0.1) is 0 Å². The number of hydrogen-bond donors (Lipinski definition) is 0. The van der Waals surface area contributed by atoms with E-state index >= 15 is 0 Å². The van der Waals surface area contributed by atoms with Gasteiger partial charge in [0.2, 0.25) is 0 Å².